The Morgan fingerprint density at radius 2 is 1.84 bits per heavy atom. The third kappa shape index (κ3) is 5.21. The summed E-state index contributed by atoms with van der Waals surface area (Å²) in [5.41, 5.74) is 0.00384. The number of ether oxygens (including phenoxy) is 1. The molecule has 0 bridgehead atoms. The zero-order valence-electron chi connectivity index (χ0n) is 20.8. The van der Waals surface area contributed by atoms with Crippen LogP contribution in [-0.2, 0) is 12.2 Å². The Kier molecular flexibility index (Phi) is 7.07. The van der Waals surface area contributed by atoms with Gasteiger partial charge in [0.15, 0.2) is 11.6 Å². The minimum atomic E-state index is -1.30. The normalized spacial score (nSPS) is 11.6. The van der Waals surface area contributed by atoms with Gasteiger partial charge in [0.2, 0.25) is 0 Å². The summed E-state index contributed by atoms with van der Waals surface area (Å²) >= 11 is 6.29. The van der Waals surface area contributed by atoms with Crippen LogP contribution in [-0.4, -0.2) is 29.6 Å². The van der Waals surface area contributed by atoms with Crippen LogP contribution in [0.1, 0.15) is 42.2 Å². The summed E-state index contributed by atoms with van der Waals surface area (Å²) in [6, 6.07) is 4.36. The molecule has 37 heavy (non-hydrogen) atoms. The Bertz CT molecular complexity index is 1570. The Labute approximate surface area is 216 Å². The monoisotopic (exact) mass is 527 g/mol. The van der Waals surface area contributed by atoms with E-state index in [4.69, 9.17) is 16.3 Å². The zero-order chi connectivity index (χ0) is 27.1. The molecule has 3 aromatic heterocycles. The van der Waals surface area contributed by atoms with Crippen molar-refractivity contribution in [3.63, 3.8) is 0 Å². The fraction of sp³-hybridized carbons (Fsp3) is 0.269. The van der Waals surface area contributed by atoms with E-state index in [1.54, 1.807) is 40.7 Å². The molecule has 192 valence electrons. The van der Waals surface area contributed by atoms with E-state index in [0.29, 0.717) is 28.2 Å². The third-order valence-electron chi connectivity index (χ3n) is 5.63. The Morgan fingerprint density at radius 3 is 2.51 bits per heavy atom. The first-order chi connectivity index (χ1) is 17.4. The van der Waals surface area contributed by atoms with Gasteiger partial charge in [0.05, 0.1) is 23.3 Å². The minimum absolute atomic E-state index is 0.0206. The van der Waals surface area contributed by atoms with Crippen molar-refractivity contribution in [3.8, 4) is 22.8 Å². The maximum absolute atomic E-state index is 15.6. The van der Waals surface area contributed by atoms with Crippen molar-refractivity contribution in [2.75, 3.05) is 0 Å². The smallest absolute Gasteiger partial charge is 0.273 e. The molecule has 1 aromatic carbocycles. The summed E-state index contributed by atoms with van der Waals surface area (Å²) in [5.74, 6) is -1.30. The summed E-state index contributed by atoms with van der Waals surface area (Å²) < 4.78 is 36.5. The van der Waals surface area contributed by atoms with Gasteiger partial charge >= 0.3 is 0 Å². The van der Waals surface area contributed by atoms with Crippen LogP contribution in [0.4, 0.5) is 8.78 Å². The highest BCUT2D eigenvalue weighted by molar-refractivity contribution is 6.32. The number of pyridine rings is 1. The first kappa shape index (κ1) is 26.3. The van der Waals surface area contributed by atoms with E-state index in [1.165, 1.54) is 24.5 Å². The van der Waals surface area contributed by atoms with Crippen LogP contribution in [0.15, 0.2) is 41.6 Å². The predicted molar refractivity (Wildman–Crippen MR) is 134 cm³/mol. The van der Waals surface area contributed by atoms with Gasteiger partial charge in [-0.05, 0) is 63.9 Å². The number of aryl methyl sites for hydroxylation is 2. The van der Waals surface area contributed by atoms with Crippen LogP contribution in [0, 0.1) is 32.4 Å². The van der Waals surface area contributed by atoms with E-state index in [0.717, 1.165) is 10.8 Å². The standard InChI is InChI=1S/C26H24ClF2N5O3/c1-13-8-16(28)18(31-10-13)12-37-19-9-14(2)24(22(29)21(19)27)34-15(3)23(32-11-20(34)35)17-6-7-30-25(33-17)26(4,5)36/h6-11,36H,12H2,1-5H3. The van der Waals surface area contributed by atoms with Gasteiger partial charge in [-0.15, -0.1) is 0 Å². The number of halogens is 3. The van der Waals surface area contributed by atoms with Crippen LogP contribution >= 0.6 is 11.6 Å². The molecule has 0 unspecified atom stereocenters. The molecule has 0 aliphatic heterocycles. The van der Waals surface area contributed by atoms with Crippen LogP contribution in [0.5, 0.6) is 5.75 Å². The molecule has 8 nitrogen and oxygen atoms in total. The summed E-state index contributed by atoms with van der Waals surface area (Å²) in [6.45, 7) is 7.72. The van der Waals surface area contributed by atoms with E-state index >= 15 is 4.39 Å². The van der Waals surface area contributed by atoms with Gasteiger partial charge in [0.1, 0.15) is 40.2 Å². The molecule has 1 N–H and O–H groups in total. The molecule has 3 heterocycles. The molecule has 0 saturated carbocycles. The first-order valence-corrected chi connectivity index (χ1v) is 11.6. The lowest BCUT2D eigenvalue weighted by atomic mass is 10.1. The number of benzene rings is 1. The fourth-order valence-corrected chi connectivity index (χ4v) is 3.96. The summed E-state index contributed by atoms with van der Waals surface area (Å²) in [6.07, 6.45) is 4.01. The van der Waals surface area contributed by atoms with Crippen molar-refractivity contribution in [2.45, 2.75) is 46.8 Å². The highest BCUT2D eigenvalue weighted by Crippen LogP contribution is 2.35. The van der Waals surface area contributed by atoms with Gasteiger partial charge in [0.25, 0.3) is 5.56 Å². The second kappa shape index (κ2) is 9.95. The average molecular weight is 528 g/mol. The Balaban J connectivity index is 1.77. The van der Waals surface area contributed by atoms with E-state index in [2.05, 4.69) is 19.9 Å². The molecule has 0 saturated heterocycles. The van der Waals surface area contributed by atoms with Crippen molar-refractivity contribution in [1.82, 2.24) is 24.5 Å². The topological polar surface area (TPSA) is 103 Å². The lowest BCUT2D eigenvalue weighted by Crippen LogP contribution is -2.24. The maximum atomic E-state index is 15.6. The Morgan fingerprint density at radius 1 is 1.11 bits per heavy atom. The number of hydrogen-bond donors (Lipinski definition) is 1. The summed E-state index contributed by atoms with van der Waals surface area (Å²) in [7, 11) is 0. The molecule has 11 heteroatoms. The van der Waals surface area contributed by atoms with Crippen molar-refractivity contribution in [2.24, 2.45) is 0 Å². The second-order valence-electron chi connectivity index (χ2n) is 9.09. The maximum Gasteiger partial charge on any atom is 0.273 e. The largest absolute Gasteiger partial charge is 0.485 e. The molecule has 0 amide bonds. The van der Waals surface area contributed by atoms with Crippen LogP contribution in [0.3, 0.4) is 0 Å². The van der Waals surface area contributed by atoms with Gasteiger partial charge in [0, 0.05) is 12.4 Å². The molecule has 0 atom stereocenters. The van der Waals surface area contributed by atoms with Gasteiger partial charge < -0.3 is 9.84 Å². The molecule has 0 aliphatic rings. The van der Waals surface area contributed by atoms with Gasteiger partial charge in [-0.3, -0.25) is 14.3 Å². The highest BCUT2D eigenvalue weighted by Gasteiger charge is 2.24. The number of aliphatic hydroxyl groups is 1. The van der Waals surface area contributed by atoms with Crippen molar-refractivity contribution in [3.05, 3.63) is 92.1 Å². The zero-order valence-corrected chi connectivity index (χ0v) is 21.6. The van der Waals surface area contributed by atoms with E-state index < -0.39 is 22.8 Å². The summed E-state index contributed by atoms with van der Waals surface area (Å²) in [5, 5.41) is 9.91. The van der Waals surface area contributed by atoms with E-state index in [-0.39, 0.29) is 34.6 Å². The lowest BCUT2D eigenvalue weighted by molar-refractivity contribution is 0.0688. The lowest BCUT2D eigenvalue weighted by Gasteiger charge is -2.19. The first-order valence-electron chi connectivity index (χ1n) is 11.3. The number of nitrogens with zero attached hydrogens (tertiary/aromatic N) is 5. The SMILES string of the molecule is Cc1cnc(COc2cc(C)c(-n3c(C)c(-c4ccnc(C(C)(C)O)n4)ncc3=O)c(F)c2Cl)c(F)c1. The van der Waals surface area contributed by atoms with Crippen LogP contribution in [0.25, 0.3) is 17.1 Å². The van der Waals surface area contributed by atoms with Gasteiger partial charge in [-0.25, -0.2) is 23.7 Å². The van der Waals surface area contributed by atoms with E-state index in [9.17, 15) is 14.3 Å². The summed E-state index contributed by atoms with van der Waals surface area (Å²) in [4.78, 5) is 29.5. The number of hydrogen-bond acceptors (Lipinski definition) is 7. The van der Waals surface area contributed by atoms with Gasteiger partial charge in [-0.2, -0.15) is 0 Å². The van der Waals surface area contributed by atoms with Crippen LogP contribution < -0.4 is 10.3 Å². The number of rotatable bonds is 6. The quantitative estimate of drug-likeness (QED) is 0.386. The minimum Gasteiger partial charge on any atom is -0.485 e. The molecular formula is C26H24ClF2N5O3. The molecule has 0 radical (unpaired) electrons. The second-order valence-corrected chi connectivity index (χ2v) is 9.47. The molecule has 0 spiro atoms. The average Bonchev–Trinajstić information content (AvgIpc) is 2.83. The van der Waals surface area contributed by atoms with Crippen LogP contribution in [0.2, 0.25) is 5.02 Å². The molecule has 4 aromatic rings. The molecule has 0 aliphatic carbocycles. The van der Waals surface area contributed by atoms with Crippen molar-refractivity contribution >= 4 is 11.6 Å². The molecule has 0 fully saturated rings. The number of aromatic nitrogens is 5. The van der Waals surface area contributed by atoms with Crippen molar-refractivity contribution < 1.29 is 18.6 Å². The predicted octanol–water partition coefficient (Wildman–Crippen LogP) is 4.75. The third-order valence-corrected chi connectivity index (χ3v) is 5.98. The van der Waals surface area contributed by atoms with Gasteiger partial charge in [-0.1, -0.05) is 11.6 Å². The Hall–Kier alpha value is -3.76. The fourth-order valence-electron chi connectivity index (χ4n) is 3.76. The molecule has 4 rings (SSSR count). The van der Waals surface area contributed by atoms with Crippen molar-refractivity contribution in [1.29, 1.82) is 0 Å². The molecular weight excluding hydrogens is 504 g/mol. The highest BCUT2D eigenvalue weighted by atomic mass is 35.5. The van der Waals surface area contributed by atoms with E-state index in [1.807, 2.05) is 0 Å².